The molecule has 230 valence electrons. The van der Waals surface area contributed by atoms with Crippen molar-refractivity contribution >= 4 is 11.9 Å². The van der Waals surface area contributed by atoms with Crippen LogP contribution in [0.15, 0.2) is 12.2 Å². The van der Waals surface area contributed by atoms with Crippen LogP contribution in [0.5, 0.6) is 0 Å². The fourth-order valence-corrected chi connectivity index (χ4v) is 4.47. The number of rotatable bonds is 30. The second-order valence-corrected chi connectivity index (χ2v) is 10.8. The smallest absolute Gasteiger partial charge is 0.306 e. The van der Waals surface area contributed by atoms with Crippen molar-refractivity contribution < 1.29 is 31.0 Å². The van der Waals surface area contributed by atoms with Crippen molar-refractivity contribution in [3.05, 3.63) is 12.2 Å². The van der Waals surface area contributed by atoms with Crippen LogP contribution < -0.4 is 0 Å². The highest BCUT2D eigenvalue weighted by atomic mass is 16.6. The minimum absolute atomic E-state index is 0.107. The van der Waals surface area contributed by atoms with Gasteiger partial charge in [0.2, 0.25) is 0 Å². The van der Waals surface area contributed by atoms with Crippen LogP contribution in [0.2, 0.25) is 0 Å². The average Bonchev–Trinajstić information content (AvgIpc) is 2.95. The van der Waals surface area contributed by atoms with E-state index >= 15 is 0 Å². The third-order valence-electron chi connectivity index (χ3n) is 6.95. The lowest BCUT2D eigenvalue weighted by Gasteiger charge is -2.15. The summed E-state index contributed by atoms with van der Waals surface area (Å²) in [5.74, 6) is -1.99. The third-order valence-corrected chi connectivity index (χ3v) is 6.95. The Morgan fingerprint density at radius 1 is 0.641 bits per heavy atom. The molecule has 0 radical (unpaired) electrons. The number of unbranched alkanes of at least 4 members (excludes halogenated alkanes) is 20. The van der Waals surface area contributed by atoms with E-state index in [1.54, 1.807) is 0 Å². The maximum Gasteiger partial charge on any atom is 0.306 e. The average molecular weight is 558 g/mol. The van der Waals surface area contributed by atoms with Gasteiger partial charge < -0.3 is 14.6 Å². The van der Waals surface area contributed by atoms with Crippen LogP contribution in [0.3, 0.4) is 0 Å². The summed E-state index contributed by atoms with van der Waals surface area (Å²) in [6.45, 7) is -2.60. The van der Waals surface area contributed by atoms with Gasteiger partial charge in [0.25, 0.3) is 0 Å². The van der Waals surface area contributed by atoms with Gasteiger partial charge >= 0.3 is 11.9 Å². The van der Waals surface area contributed by atoms with Gasteiger partial charge in [-0.3, -0.25) is 9.59 Å². The molecule has 0 amide bonds. The van der Waals surface area contributed by atoms with Gasteiger partial charge in [-0.1, -0.05) is 142 Å². The molecule has 0 heterocycles. The highest BCUT2D eigenvalue weighted by Gasteiger charge is 2.16. The molecule has 0 saturated heterocycles. The van der Waals surface area contributed by atoms with Gasteiger partial charge in [0, 0.05) is 12.8 Å². The second-order valence-electron chi connectivity index (χ2n) is 10.8. The van der Waals surface area contributed by atoms with E-state index in [1.165, 1.54) is 70.6 Å². The molecule has 1 N–H and O–H groups in total. The Kier molecular flexibility index (Phi) is 23.3. The minimum atomic E-state index is -3.61. The molecule has 0 aliphatic carbocycles. The number of allylic oxidation sites excluding steroid dienone is 2. The monoisotopic (exact) mass is 558 g/mol. The Balaban J connectivity index is 4.29. The first-order valence-electron chi connectivity index (χ1n) is 18.7. The summed E-state index contributed by atoms with van der Waals surface area (Å²) in [7, 11) is 0. The molecule has 39 heavy (non-hydrogen) atoms. The van der Waals surface area contributed by atoms with Crippen molar-refractivity contribution in [1.29, 1.82) is 0 Å². The van der Waals surface area contributed by atoms with Crippen molar-refractivity contribution in [2.24, 2.45) is 0 Å². The maximum absolute atomic E-state index is 12.4. The van der Waals surface area contributed by atoms with E-state index in [4.69, 9.17) is 16.3 Å². The van der Waals surface area contributed by atoms with Gasteiger partial charge in [0.15, 0.2) is 6.08 Å². The van der Waals surface area contributed by atoms with E-state index in [1.807, 2.05) is 0 Å². The highest BCUT2D eigenvalue weighted by Crippen LogP contribution is 2.14. The number of hydrogen-bond acceptors (Lipinski definition) is 5. The van der Waals surface area contributed by atoms with Crippen molar-refractivity contribution in [1.82, 2.24) is 0 Å². The van der Waals surface area contributed by atoms with Gasteiger partial charge in [0.1, 0.15) is 6.56 Å². The molecule has 0 aromatic heterocycles. The van der Waals surface area contributed by atoms with Crippen molar-refractivity contribution in [2.75, 3.05) is 13.1 Å². The Morgan fingerprint density at radius 2 is 1.05 bits per heavy atom. The van der Waals surface area contributed by atoms with Crippen LogP contribution in [0.4, 0.5) is 0 Å². The molecule has 5 nitrogen and oxygen atoms in total. The maximum atomic E-state index is 12.4. The molecule has 0 fully saturated rings. The standard InChI is InChI=1S/C34H64O5/c1-3-5-7-9-11-13-15-16-17-19-20-22-24-26-28-33(36)38-31-32(30-35)39-34(37)29-27-25-23-21-18-14-12-10-8-6-4-2/h10,12,32,35H,3-9,11,13-31H2,1-2H3/b12-10-/t32-/m0/s1/i30D2,31D2,32D. The molecule has 0 aromatic carbocycles. The Morgan fingerprint density at radius 3 is 1.54 bits per heavy atom. The van der Waals surface area contributed by atoms with E-state index in [2.05, 4.69) is 26.0 Å². The molecule has 0 aliphatic heterocycles. The first kappa shape index (κ1) is 29.1. The van der Waals surface area contributed by atoms with E-state index in [0.717, 1.165) is 64.2 Å². The van der Waals surface area contributed by atoms with Crippen LogP contribution in [0.1, 0.15) is 181 Å². The number of ether oxygens (including phenoxy) is 2. The van der Waals surface area contributed by atoms with Gasteiger partial charge in [-0.05, 0) is 32.1 Å². The molecule has 0 spiro atoms. The molecule has 0 aliphatic rings. The van der Waals surface area contributed by atoms with E-state index < -0.39 is 31.1 Å². The molecule has 0 saturated carbocycles. The first-order chi connectivity index (χ1) is 20.9. The van der Waals surface area contributed by atoms with E-state index in [9.17, 15) is 14.7 Å². The van der Waals surface area contributed by atoms with E-state index in [0.29, 0.717) is 12.8 Å². The second kappa shape index (κ2) is 31.2. The number of carbonyl (C=O) groups excluding carboxylic acids is 2. The van der Waals surface area contributed by atoms with Crippen LogP contribution in [0.25, 0.3) is 0 Å². The molecule has 0 unspecified atom stereocenters. The third kappa shape index (κ3) is 29.4. The molecule has 0 rings (SSSR count). The zero-order valence-corrected chi connectivity index (χ0v) is 25.4. The summed E-state index contributed by atoms with van der Waals surface area (Å²) in [4.78, 5) is 24.7. The number of hydrogen-bond donors (Lipinski definition) is 1. The molecular formula is C34H64O5. The summed E-state index contributed by atoms with van der Waals surface area (Å²) in [5.41, 5.74) is 0. The number of carbonyl (C=O) groups is 2. The zero-order valence-electron chi connectivity index (χ0n) is 30.4. The lowest BCUT2D eigenvalue weighted by molar-refractivity contribution is -0.161. The molecule has 5 heteroatoms. The Labute approximate surface area is 248 Å². The fraction of sp³-hybridized carbons (Fsp3) is 0.882. The molecule has 0 aromatic rings. The van der Waals surface area contributed by atoms with Crippen molar-refractivity contribution in [3.8, 4) is 0 Å². The van der Waals surface area contributed by atoms with Gasteiger partial charge in [-0.2, -0.15) is 0 Å². The summed E-state index contributed by atoms with van der Waals surface area (Å²) in [6, 6.07) is 0. The predicted molar refractivity (Wildman–Crippen MR) is 164 cm³/mol. The minimum Gasteiger partial charge on any atom is -0.462 e. The molecular weight excluding hydrogens is 488 g/mol. The topological polar surface area (TPSA) is 72.8 Å². The largest absolute Gasteiger partial charge is 0.462 e. The highest BCUT2D eigenvalue weighted by molar-refractivity contribution is 5.70. The van der Waals surface area contributed by atoms with Crippen LogP contribution in [-0.4, -0.2) is 36.2 Å². The lowest BCUT2D eigenvalue weighted by Crippen LogP contribution is -2.28. The summed E-state index contributed by atoms with van der Waals surface area (Å²) < 4.78 is 49.1. The Hall–Kier alpha value is -1.36. The SMILES string of the molecule is [2H]C([2H])(O)[C@]([2H])(OC(=O)CCCCCCC/C=C\CCCC)C([2H])([2H])OC(=O)CCCCCCCCCCCCCCCC. The van der Waals surface area contributed by atoms with Crippen LogP contribution >= 0.6 is 0 Å². The summed E-state index contributed by atoms with van der Waals surface area (Å²) >= 11 is 0. The molecule has 1 atom stereocenters. The van der Waals surface area contributed by atoms with Crippen molar-refractivity contribution in [3.63, 3.8) is 0 Å². The lowest BCUT2D eigenvalue weighted by atomic mass is 10.0. The van der Waals surface area contributed by atoms with Gasteiger partial charge in [0.05, 0.1) is 13.4 Å². The Bertz CT molecular complexity index is 757. The zero-order chi connectivity index (χ0) is 33.2. The van der Waals surface area contributed by atoms with Gasteiger partial charge in [-0.25, -0.2) is 0 Å². The van der Waals surface area contributed by atoms with Crippen LogP contribution in [-0.2, 0) is 19.1 Å². The quantitative estimate of drug-likeness (QED) is 0.0540. The number of aliphatic hydroxyl groups is 1. The summed E-state index contributed by atoms with van der Waals surface area (Å²) in [6.07, 6.45) is 25.4. The normalized spacial score (nSPS) is 15.6. The van der Waals surface area contributed by atoms with Gasteiger partial charge in [-0.15, -0.1) is 0 Å². The predicted octanol–water partition coefficient (Wildman–Crippen LogP) is 9.78. The van der Waals surface area contributed by atoms with Crippen molar-refractivity contribution in [2.45, 2.75) is 180 Å². The number of esters is 2. The fourth-order valence-electron chi connectivity index (χ4n) is 4.47. The first-order valence-corrected chi connectivity index (χ1v) is 16.2. The summed E-state index contributed by atoms with van der Waals surface area (Å²) in [5, 5.41) is 9.93. The van der Waals surface area contributed by atoms with E-state index in [-0.39, 0.29) is 12.8 Å². The van der Waals surface area contributed by atoms with Crippen LogP contribution in [0, 0.1) is 0 Å². The molecule has 0 bridgehead atoms.